The summed E-state index contributed by atoms with van der Waals surface area (Å²) >= 11 is 5.95. The standard InChI is InChI=1S/C12H21N5O3S2/c1-6(20-12(2,3)4)7(13)8(18)17(5)10(19)14-9-15-16-11(21)22-9/h6-7H,13H2,1-5H3,(H,16,21)(H,14,15,19)/t6?,7-/m0/s1. The van der Waals surface area contributed by atoms with Crippen molar-refractivity contribution in [3.05, 3.63) is 3.95 Å². The number of carbonyl (C=O) groups is 2. The summed E-state index contributed by atoms with van der Waals surface area (Å²) < 4.78 is 6.06. The minimum atomic E-state index is -0.952. The molecule has 0 saturated carbocycles. The number of anilines is 1. The van der Waals surface area contributed by atoms with Gasteiger partial charge in [-0.1, -0.05) is 11.3 Å². The fourth-order valence-electron chi connectivity index (χ4n) is 1.61. The van der Waals surface area contributed by atoms with E-state index in [4.69, 9.17) is 22.7 Å². The maximum atomic E-state index is 12.2. The molecule has 0 radical (unpaired) electrons. The second-order valence-electron chi connectivity index (χ2n) is 5.71. The van der Waals surface area contributed by atoms with Crippen LogP contribution in [0.25, 0.3) is 0 Å². The van der Waals surface area contributed by atoms with Crippen LogP contribution < -0.4 is 11.1 Å². The third-order valence-electron chi connectivity index (χ3n) is 2.62. The van der Waals surface area contributed by atoms with Crippen LogP contribution in [0.1, 0.15) is 27.7 Å². The van der Waals surface area contributed by atoms with Gasteiger partial charge in [0.05, 0.1) is 11.7 Å². The Morgan fingerprint density at radius 3 is 2.55 bits per heavy atom. The van der Waals surface area contributed by atoms with Crippen molar-refractivity contribution in [2.24, 2.45) is 5.73 Å². The lowest BCUT2D eigenvalue weighted by Crippen LogP contribution is -2.52. The molecule has 4 N–H and O–H groups in total. The molecule has 124 valence electrons. The van der Waals surface area contributed by atoms with Gasteiger partial charge < -0.3 is 10.5 Å². The van der Waals surface area contributed by atoms with Gasteiger partial charge in [0.2, 0.25) is 11.0 Å². The van der Waals surface area contributed by atoms with Gasteiger partial charge in [0.25, 0.3) is 0 Å². The van der Waals surface area contributed by atoms with Crippen LogP contribution >= 0.6 is 23.6 Å². The summed E-state index contributed by atoms with van der Waals surface area (Å²) in [5.74, 6) is -0.548. The van der Waals surface area contributed by atoms with Crippen LogP contribution in [0.5, 0.6) is 0 Å². The molecule has 0 fully saturated rings. The highest BCUT2D eigenvalue weighted by Gasteiger charge is 2.30. The van der Waals surface area contributed by atoms with Crippen molar-refractivity contribution in [2.75, 3.05) is 12.4 Å². The fraction of sp³-hybridized carbons (Fsp3) is 0.667. The summed E-state index contributed by atoms with van der Waals surface area (Å²) in [6, 6.07) is -1.59. The summed E-state index contributed by atoms with van der Waals surface area (Å²) in [6.07, 6.45) is -0.532. The number of hydrogen-bond acceptors (Lipinski definition) is 7. The largest absolute Gasteiger partial charge is 0.371 e. The van der Waals surface area contributed by atoms with Gasteiger partial charge in [-0.25, -0.2) is 4.79 Å². The number of nitrogens with zero attached hydrogens (tertiary/aromatic N) is 2. The van der Waals surface area contributed by atoms with Crippen molar-refractivity contribution in [3.8, 4) is 0 Å². The van der Waals surface area contributed by atoms with Crippen molar-refractivity contribution in [1.82, 2.24) is 15.1 Å². The zero-order valence-corrected chi connectivity index (χ0v) is 14.8. The molecule has 0 aliphatic heterocycles. The number of likely N-dealkylation sites (N-methyl/N-ethyl adjacent to an activating group) is 1. The minimum absolute atomic E-state index is 0.280. The maximum Gasteiger partial charge on any atom is 0.330 e. The number of H-pyrrole nitrogens is 1. The van der Waals surface area contributed by atoms with Crippen molar-refractivity contribution in [1.29, 1.82) is 0 Å². The fourth-order valence-corrected chi connectivity index (χ4v) is 2.39. The Morgan fingerprint density at radius 1 is 1.50 bits per heavy atom. The van der Waals surface area contributed by atoms with Gasteiger partial charge in [-0.05, 0) is 39.9 Å². The Morgan fingerprint density at radius 2 is 2.09 bits per heavy atom. The maximum absolute atomic E-state index is 12.2. The van der Waals surface area contributed by atoms with Gasteiger partial charge in [-0.3, -0.25) is 20.1 Å². The molecule has 22 heavy (non-hydrogen) atoms. The molecule has 8 nitrogen and oxygen atoms in total. The van der Waals surface area contributed by atoms with Crippen molar-refractivity contribution in [3.63, 3.8) is 0 Å². The van der Waals surface area contributed by atoms with Gasteiger partial charge in [-0.15, -0.1) is 5.10 Å². The third-order valence-corrected chi connectivity index (χ3v) is 3.62. The Hall–Kier alpha value is -1.36. The quantitative estimate of drug-likeness (QED) is 0.715. The first-order valence-electron chi connectivity index (χ1n) is 6.58. The van der Waals surface area contributed by atoms with Crippen molar-refractivity contribution >= 4 is 40.6 Å². The number of rotatable bonds is 4. The molecule has 0 aliphatic carbocycles. The molecular weight excluding hydrogens is 326 g/mol. The van der Waals surface area contributed by atoms with E-state index in [9.17, 15) is 9.59 Å². The predicted molar refractivity (Wildman–Crippen MR) is 87.4 cm³/mol. The molecule has 1 rings (SSSR count). The van der Waals surface area contributed by atoms with Gasteiger partial charge in [0.1, 0.15) is 6.04 Å². The smallest absolute Gasteiger partial charge is 0.330 e. The third kappa shape index (κ3) is 5.44. The lowest BCUT2D eigenvalue weighted by Gasteiger charge is -2.29. The number of carbonyl (C=O) groups excluding carboxylic acids is 2. The first-order chi connectivity index (χ1) is 10.0. The minimum Gasteiger partial charge on any atom is -0.371 e. The van der Waals surface area contributed by atoms with Gasteiger partial charge >= 0.3 is 6.03 Å². The van der Waals surface area contributed by atoms with E-state index in [1.165, 1.54) is 7.05 Å². The number of aromatic nitrogens is 2. The molecule has 1 aromatic rings. The Labute approximate surface area is 138 Å². The van der Waals surface area contributed by atoms with Crippen LogP contribution in [0.15, 0.2) is 0 Å². The van der Waals surface area contributed by atoms with E-state index in [0.29, 0.717) is 3.95 Å². The number of urea groups is 1. The van der Waals surface area contributed by atoms with Crippen LogP contribution in [-0.2, 0) is 9.53 Å². The molecular formula is C12H21N5O3S2. The van der Waals surface area contributed by atoms with Gasteiger partial charge in [-0.2, -0.15) is 0 Å². The lowest BCUT2D eigenvalue weighted by molar-refractivity contribution is -0.135. The second kappa shape index (κ2) is 7.27. The van der Waals surface area contributed by atoms with E-state index in [1.54, 1.807) is 6.92 Å². The monoisotopic (exact) mass is 347 g/mol. The SMILES string of the molecule is CC(OC(C)(C)C)[C@H](N)C(=O)N(C)C(=O)Nc1n[nH]c(=S)s1. The zero-order valence-electron chi connectivity index (χ0n) is 13.2. The molecule has 10 heteroatoms. The second-order valence-corrected chi connectivity index (χ2v) is 7.37. The molecule has 0 saturated heterocycles. The molecule has 2 atom stereocenters. The molecule has 1 unspecified atom stereocenters. The van der Waals surface area contributed by atoms with Gasteiger partial charge in [0.15, 0.2) is 3.95 Å². The average Bonchev–Trinajstić information content (AvgIpc) is 2.79. The number of nitrogens with two attached hydrogens (primary N) is 1. The van der Waals surface area contributed by atoms with Crippen LogP contribution in [0.3, 0.4) is 0 Å². The topological polar surface area (TPSA) is 113 Å². The first-order valence-corrected chi connectivity index (χ1v) is 7.81. The number of amides is 3. The average molecular weight is 347 g/mol. The molecule has 0 aliphatic rings. The van der Waals surface area contributed by atoms with Crippen molar-refractivity contribution in [2.45, 2.75) is 45.4 Å². The molecule has 1 heterocycles. The highest BCUT2D eigenvalue weighted by atomic mass is 32.1. The van der Waals surface area contributed by atoms with E-state index >= 15 is 0 Å². The van der Waals surface area contributed by atoms with E-state index in [0.717, 1.165) is 16.2 Å². The molecule has 0 spiro atoms. The highest BCUT2D eigenvalue weighted by Crippen LogP contribution is 2.14. The van der Waals surface area contributed by atoms with Crippen LogP contribution in [-0.4, -0.2) is 51.8 Å². The summed E-state index contributed by atoms with van der Waals surface area (Å²) in [5.41, 5.74) is 5.44. The molecule has 0 bridgehead atoms. The Bertz CT molecular complexity index is 592. The Balaban J connectivity index is 2.66. The van der Waals surface area contributed by atoms with E-state index in [2.05, 4.69) is 15.5 Å². The highest BCUT2D eigenvalue weighted by molar-refractivity contribution is 7.73. The van der Waals surface area contributed by atoms with Crippen LogP contribution in [0.2, 0.25) is 0 Å². The van der Waals surface area contributed by atoms with E-state index in [1.807, 2.05) is 20.8 Å². The number of aromatic amines is 1. The first kappa shape index (κ1) is 18.7. The number of ether oxygens (including phenoxy) is 1. The van der Waals surface area contributed by atoms with E-state index < -0.39 is 29.7 Å². The number of imide groups is 1. The summed E-state index contributed by atoms with van der Waals surface area (Å²) in [4.78, 5) is 25.1. The van der Waals surface area contributed by atoms with E-state index in [-0.39, 0.29) is 5.13 Å². The summed E-state index contributed by atoms with van der Waals surface area (Å²) in [5, 5.41) is 9.06. The normalized spacial score (nSPS) is 14.3. The Kier molecular flexibility index (Phi) is 6.17. The predicted octanol–water partition coefficient (Wildman–Crippen LogP) is 1.72. The number of hydrogen-bond donors (Lipinski definition) is 3. The molecule has 0 aromatic carbocycles. The molecule has 3 amide bonds. The van der Waals surface area contributed by atoms with Gasteiger partial charge in [0, 0.05) is 7.05 Å². The molecule has 1 aromatic heterocycles. The summed E-state index contributed by atoms with van der Waals surface area (Å²) in [7, 11) is 1.34. The zero-order chi connectivity index (χ0) is 17.1. The lowest BCUT2D eigenvalue weighted by atomic mass is 10.1. The van der Waals surface area contributed by atoms with Crippen molar-refractivity contribution < 1.29 is 14.3 Å². The number of nitrogens with one attached hydrogen (secondary N) is 2. The summed E-state index contributed by atoms with van der Waals surface area (Å²) in [6.45, 7) is 7.28. The van der Waals surface area contributed by atoms with Crippen LogP contribution in [0, 0.1) is 3.95 Å². The van der Waals surface area contributed by atoms with Crippen LogP contribution in [0.4, 0.5) is 9.93 Å².